The van der Waals surface area contributed by atoms with E-state index in [9.17, 15) is 4.79 Å². The van der Waals surface area contributed by atoms with E-state index in [0.717, 1.165) is 18.5 Å². The van der Waals surface area contributed by atoms with Gasteiger partial charge in [0.25, 0.3) is 0 Å². The van der Waals surface area contributed by atoms with Gasteiger partial charge in [-0.25, -0.2) is 4.98 Å². The Kier molecular flexibility index (Phi) is 3.35. The summed E-state index contributed by atoms with van der Waals surface area (Å²) in [4.78, 5) is 16.8. The molecule has 1 aromatic rings. The molecule has 1 aromatic heterocycles. The van der Waals surface area contributed by atoms with Gasteiger partial charge in [-0.15, -0.1) is 11.3 Å². The smallest absolute Gasteiger partial charge is 0.231 e. The zero-order valence-corrected chi connectivity index (χ0v) is 12.2. The van der Waals surface area contributed by atoms with Gasteiger partial charge in [0.2, 0.25) is 5.91 Å². The van der Waals surface area contributed by atoms with Gasteiger partial charge in [0, 0.05) is 11.4 Å². The lowest BCUT2D eigenvalue weighted by Crippen LogP contribution is -2.42. The lowest BCUT2D eigenvalue weighted by Gasteiger charge is -2.26. The highest BCUT2D eigenvalue weighted by Crippen LogP contribution is 2.47. The lowest BCUT2D eigenvalue weighted by molar-refractivity contribution is -0.121. The van der Waals surface area contributed by atoms with Crippen molar-refractivity contribution in [1.29, 1.82) is 0 Å². The summed E-state index contributed by atoms with van der Waals surface area (Å²) in [6.45, 7) is 4.21. The summed E-state index contributed by atoms with van der Waals surface area (Å²) >= 11 is 1.50. The molecule has 104 valence electrons. The maximum atomic E-state index is 12.4. The van der Waals surface area contributed by atoms with Crippen molar-refractivity contribution in [2.45, 2.75) is 45.1 Å². The van der Waals surface area contributed by atoms with Crippen molar-refractivity contribution in [2.24, 2.45) is 23.5 Å². The second-order valence-electron chi connectivity index (χ2n) is 6.16. The summed E-state index contributed by atoms with van der Waals surface area (Å²) < 4.78 is 0. The van der Waals surface area contributed by atoms with Crippen molar-refractivity contribution >= 4 is 22.4 Å². The van der Waals surface area contributed by atoms with Crippen LogP contribution < -0.4 is 11.1 Å². The highest BCUT2D eigenvalue weighted by molar-refractivity contribution is 7.13. The fraction of sp³-hybridized carbons (Fsp3) is 0.714. The number of thiazole rings is 1. The number of hydrogen-bond donors (Lipinski definition) is 2. The molecule has 1 heterocycles. The Morgan fingerprint density at radius 3 is 2.79 bits per heavy atom. The van der Waals surface area contributed by atoms with E-state index < -0.39 is 0 Å². The fourth-order valence-electron chi connectivity index (χ4n) is 3.52. The Bertz CT molecular complexity index is 483. The molecule has 5 heteroatoms. The first-order chi connectivity index (χ1) is 9.06. The van der Waals surface area contributed by atoms with E-state index in [-0.39, 0.29) is 17.9 Å². The van der Waals surface area contributed by atoms with Crippen LogP contribution in [0.15, 0.2) is 5.38 Å². The Labute approximate surface area is 117 Å². The third kappa shape index (κ3) is 2.30. The third-order valence-corrected chi connectivity index (χ3v) is 5.40. The van der Waals surface area contributed by atoms with Crippen LogP contribution >= 0.6 is 11.3 Å². The average molecular weight is 279 g/mol. The zero-order chi connectivity index (χ0) is 13.6. The van der Waals surface area contributed by atoms with Crippen LogP contribution in [0.1, 0.15) is 44.7 Å². The molecule has 0 saturated heterocycles. The minimum atomic E-state index is -0.00912. The molecular formula is C14H21N3OS. The van der Waals surface area contributed by atoms with Crippen LogP contribution in [-0.4, -0.2) is 16.9 Å². The molecule has 4 unspecified atom stereocenters. The molecule has 2 bridgehead atoms. The molecule has 0 aromatic carbocycles. The maximum absolute atomic E-state index is 12.4. The largest absolute Gasteiger partial charge is 0.327 e. The number of anilines is 1. The van der Waals surface area contributed by atoms with Gasteiger partial charge in [-0.2, -0.15) is 0 Å². The summed E-state index contributed by atoms with van der Waals surface area (Å²) in [6.07, 6.45) is 3.49. The molecule has 3 rings (SSSR count). The Hall–Kier alpha value is -0.940. The Morgan fingerprint density at radius 2 is 2.21 bits per heavy atom. The molecule has 4 atom stereocenters. The maximum Gasteiger partial charge on any atom is 0.231 e. The number of nitrogens with one attached hydrogen (secondary N) is 1. The van der Waals surface area contributed by atoms with Crippen molar-refractivity contribution < 1.29 is 4.79 Å². The first-order valence-electron chi connectivity index (χ1n) is 7.08. The second-order valence-corrected chi connectivity index (χ2v) is 7.02. The number of carbonyl (C=O) groups excluding carboxylic acids is 1. The number of carbonyl (C=O) groups is 1. The Balaban J connectivity index is 1.68. The van der Waals surface area contributed by atoms with Gasteiger partial charge in [-0.1, -0.05) is 13.8 Å². The predicted molar refractivity (Wildman–Crippen MR) is 77.1 cm³/mol. The number of amides is 1. The second kappa shape index (κ2) is 4.87. The van der Waals surface area contributed by atoms with Crippen molar-refractivity contribution in [2.75, 3.05) is 5.32 Å². The molecule has 0 radical (unpaired) electrons. The zero-order valence-electron chi connectivity index (χ0n) is 11.4. The topological polar surface area (TPSA) is 68.0 Å². The number of hydrogen-bond acceptors (Lipinski definition) is 4. The van der Waals surface area contributed by atoms with Gasteiger partial charge in [0.15, 0.2) is 5.13 Å². The molecule has 2 aliphatic rings. The van der Waals surface area contributed by atoms with Gasteiger partial charge in [-0.05, 0) is 37.0 Å². The first kappa shape index (κ1) is 13.1. The molecule has 1 amide bonds. The van der Waals surface area contributed by atoms with E-state index in [1.54, 1.807) is 0 Å². The highest BCUT2D eigenvalue weighted by Gasteiger charge is 2.49. The van der Waals surface area contributed by atoms with E-state index in [1.165, 1.54) is 17.8 Å². The summed E-state index contributed by atoms with van der Waals surface area (Å²) in [7, 11) is 0. The molecule has 4 nitrogen and oxygen atoms in total. The molecular weight excluding hydrogens is 258 g/mol. The summed E-state index contributed by atoms with van der Waals surface area (Å²) in [5.74, 6) is 1.51. The number of fused-ring (bicyclic) bond motifs is 2. The number of nitrogens with zero attached hydrogens (tertiary/aromatic N) is 1. The molecule has 2 fully saturated rings. The number of aromatic nitrogens is 1. The fourth-order valence-corrected chi connectivity index (χ4v) is 4.40. The number of nitrogens with two attached hydrogens (primary N) is 1. The van der Waals surface area contributed by atoms with Crippen LogP contribution in [0.4, 0.5) is 5.13 Å². The van der Waals surface area contributed by atoms with Crippen molar-refractivity contribution in [1.82, 2.24) is 4.98 Å². The molecule has 19 heavy (non-hydrogen) atoms. The predicted octanol–water partition coefficient (Wildman–Crippen LogP) is 2.58. The van der Waals surface area contributed by atoms with Crippen LogP contribution in [0.2, 0.25) is 0 Å². The minimum Gasteiger partial charge on any atom is -0.327 e. The lowest BCUT2D eigenvalue weighted by atomic mass is 9.84. The van der Waals surface area contributed by atoms with Gasteiger partial charge in [-0.3, -0.25) is 4.79 Å². The van der Waals surface area contributed by atoms with Crippen LogP contribution in [0.5, 0.6) is 0 Å². The summed E-state index contributed by atoms with van der Waals surface area (Å²) in [6, 6.07) is 0.0447. The number of rotatable bonds is 3. The minimum absolute atomic E-state index is 0.00912. The first-order valence-corrected chi connectivity index (χ1v) is 7.96. The van der Waals surface area contributed by atoms with Gasteiger partial charge in [0.1, 0.15) is 0 Å². The van der Waals surface area contributed by atoms with Crippen molar-refractivity contribution in [3.8, 4) is 0 Å². The molecule has 3 N–H and O–H groups in total. The SMILES string of the molecule is CC(C)c1csc(NC(=O)C2C3CCC(C3)C2N)n1. The van der Waals surface area contributed by atoms with Gasteiger partial charge < -0.3 is 11.1 Å². The monoisotopic (exact) mass is 279 g/mol. The average Bonchev–Trinajstić information content (AvgIpc) is 3.02. The van der Waals surface area contributed by atoms with E-state index in [2.05, 4.69) is 24.1 Å². The molecule has 2 aliphatic carbocycles. The van der Waals surface area contributed by atoms with Crippen LogP contribution in [0.25, 0.3) is 0 Å². The normalized spacial score (nSPS) is 33.1. The van der Waals surface area contributed by atoms with E-state index >= 15 is 0 Å². The van der Waals surface area contributed by atoms with E-state index in [0.29, 0.717) is 22.9 Å². The van der Waals surface area contributed by atoms with Gasteiger partial charge >= 0.3 is 0 Å². The van der Waals surface area contributed by atoms with Gasteiger partial charge in [0.05, 0.1) is 11.6 Å². The molecule has 0 spiro atoms. The third-order valence-electron chi connectivity index (χ3n) is 4.63. The van der Waals surface area contributed by atoms with E-state index in [1.807, 2.05) is 5.38 Å². The quantitative estimate of drug-likeness (QED) is 0.893. The standard InChI is InChI=1S/C14H21N3OS/c1-7(2)10-6-19-14(16-10)17-13(18)11-8-3-4-9(5-8)12(11)15/h6-9,11-12H,3-5,15H2,1-2H3,(H,16,17,18). The van der Waals surface area contributed by atoms with E-state index in [4.69, 9.17) is 5.73 Å². The molecule has 0 aliphatic heterocycles. The van der Waals surface area contributed by atoms with Crippen LogP contribution in [0.3, 0.4) is 0 Å². The van der Waals surface area contributed by atoms with Crippen molar-refractivity contribution in [3.05, 3.63) is 11.1 Å². The van der Waals surface area contributed by atoms with Crippen LogP contribution in [0, 0.1) is 17.8 Å². The summed E-state index contributed by atoms with van der Waals surface area (Å²) in [5.41, 5.74) is 7.23. The molecule has 2 saturated carbocycles. The Morgan fingerprint density at radius 1 is 1.47 bits per heavy atom. The van der Waals surface area contributed by atoms with Crippen LogP contribution in [-0.2, 0) is 4.79 Å². The highest BCUT2D eigenvalue weighted by atomic mass is 32.1. The summed E-state index contributed by atoms with van der Waals surface area (Å²) in [5, 5.41) is 5.69. The van der Waals surface area contributed by atoms with Crippen molar-refractivity contribution in [3.63, 3.8) is 0 Å².